The van der Waals surface area contributed by atoms with Gasteiger partial charge in [0.25, 0.3) is 0 Å². The molecule has 0 unspecified atom stereocenters. The van der Waals surface area contributed by atoms with Crippen molar-refractivity contribution in [1.29, 1.82) is 0 Å². The molecule has 0 amide bonds. The molecule has 0 saturated carbocycles. The first-order valence-electron chi connectivity index (χ1n) is 5.46. The molecule has 2 rings (SSSR count). The lowest BCUT2D eigenvalue weighted by atomic mass is 10.1. The number of benzene rings is 1. The van der Waals surface area contributed by atoms with E-state index in [4.69, 9.17) is 10.5 Å². The van der Waals surface area contributed by atoms with E-state index >= 15 is 0 Å². The lowest BCUT2D eigenvalue weighted by Gasteiger charge is -2.00. The van der Waals surface area contributed by atoms with Crippen LogP contribution >= 0.6 is 11.3 Å². The molecule has 1 aromatic heterocycles. The van der Waals surface area contributed by atoms with E-state index in [2.05, 4.69) is 10.2 Å². The maximum atomic E-state index is 5.48. The highest BCUT2D eigenvalue weighted by Gasteiger charge is 2.04. The van der Waals surface area contributed by atoms with E-state index in [0.29, 0.717) is 6.54 Å². The van der Waals surface area contributed by atoms with Gasteiger partial charge in [-0.05, 0) is 24.2 Å². The first kappa shape index (κ1) is 12.0. The molecule has 0 aliphatic heterocycles. The van der Waals surface area contributed by atoms with Crippen LogP contribution in [-0.2, 0) is 12.8 Å². The first-order chi connectivity index (χ1) is 8.31. The second-order valence-corrected chi connectivity index (χ2v) is 4.80. The first-order valence-corrected chi connectivity index (χ1v) is 6.27. The Kier molecular flexibility index (Phi) is 4.06. The zero-order valence-electron chi connectivity index (χ0n) is 9.72. The van der Waals surface area contributed by atoms with Gasteiger partial charge in [0.05, 0.1) is 7.11 Å². The summed E-state index contributed by atoms with van der Waals surface area (Å²) >= 11 is 1.63. The number of aromatic nitrogens is 2. The molecule has 0 aliphatic rings. The third-order valence-corrected chi connectivity index (χ3v) is 3.36. The van der Waals surface area contributed by atoms with Crippen molar-refractivity contribution in [3.8, 4) is 5.75 Å². The maximum absolute atomic E-state index is 5.48. The van der Waals surface area contributed by atoms with Crippen molar-refractivity contribution in [3.63, 3.8) is 0 Å². The quantitative estimate of drug-likeness (QED) is 0.875. The van der Waals surface area contributed by atoms with Gasteiger partial charge in [-0.2, -0.15) is 0 Å². The summed E-state index contributed by atoms with van der Waals surface area (Å²) in [4.78, 5) is 0. The summed E-state index contributed by atoms with van der Waals surface area (Å²) in [6.07, 6.45) is 1.62. The second-order valence-electron chi connectivity index (χ2n) is 3.65. The molecule has 0 saturated heterocycles. The zero-order chi connectivity index (χ0) is 12.1. The summed E-state index contributed by atoms with van der Waals surface area (Å²) in [6, 6.07) is 8.00. The molecule has 0 fully saturated rings. The SMILES string of the molecule is COc1ccc(Cc2nnc(CCN)s2)cc1. The van der Waals surface area contributed by atoms with Crippen LogP contribution in [0.2, 0.25) is 0 Å². The molecule has 0 radical (unpaired) electrons. The molecule has 2 aromatic rings. The number of hydrogen-bond acceptors (Lipinski definition) is 5. The highest BCUT2D eigenvalue weighted by Crippen LogP contribution is 2.17. The fourth-order valence-corrected chi connectivity index (χ4v) is 2.40. The third-order valence-electron chi connectivity index (χ3n) is 2.38. The Bertz CT molecular complexity index is 467. The average molecular weight is 249 g/mol. The molecule has 1 aromatic carbocycles. The predicted molar refractivity (Wildman–Crippen MR) is 68.5 cm³/mol. The third kappa shape index (κ3) is 3.25. The number of nitrogens with two attached hydrogens (primary N) is 1. The number of rotatable bonds is 5. The van der Waals surface area contributed by atoms with E-state index in [1.807, 2.05) is 24.3 Å². The summed E-state index contributed by atoms with van der Waals surface area (Å²) in [7, 11) is 1.67. The van der Waals surface area contributed by atoms with Gasteiger partial charge < -0.3 is 10.5 Å². The Hall–Kier alpha value is -1.46. The van der Waals surface area contributed by atoms with Crippen molar-refractivity contribution >= 4 is 11.3 Å². The molecule has 0 atom stereocenters. The minimum absolute atomic E-state index is 0.622. The number of nitrogens with zero attached hydrogens (tertiary/aromatic N) is 2. The average Bonchev–Trinajstić information content (AvgIpc) is 2.78. The summed E-state index contributed by atoms with van der Waals surface area (Å²) in [5.41, 5.74) is 6.69. The molecule has 2 N–H and O–H groups in total. The van der Waals surface area contributed by atoms with Crippen LogP contribution in [0, 0.1) is 0 Å². The van der Waals surface area contributed by atoms with Crippen LogP contribution in [0.15, 0.2) is 24.3 Å². The van der Waals surface area contributed by atoms with Crippen LogP contribution in [-0.4, -0.2) is 23.9 Å². The topological polar surface area (TPSA) is 61.0 Å². The minimum atomic E-state index is 0.622. The van der Waals surface area contributed by atoms with Crippen LogP contribution in [0.25, 0.3) is 0 Å². The van der Waals surface area contributed by atoms with Gasteiger partial charge in [-0.1, -0.05) is 12.1 Å². The van der Waals surface area contributed by atoms with Crippen LogP contribution in [0.3, 0.4) is 0 Å². The number of ether oxygens (including phenoxy) is 1. The summed E-state index contributed by atoms with van der Waals surface area (Å²) in [5, 5.41) is 10.3. The zero-order valence-corrected chi connectivity index (χ0v) is 10.5. The molecule has 90 valence electrons. The standard InChI is InChI=1S/C12H15N3OS/c1-16-10-4-2-9(3-5-10)8-12-15-14-11(17-12)6-7-13/h2-5H,6-8,13H2,1H3. The number of hydrogen-bond donors (Lipinski definition) is 1. The van der Waals surface area contributed by atoms with Gasteiger partial charge in [-0.3, -0.25) is 0 Å². The van der Waals surface area contributed by atoms with Gasteiger partial charge in [0.1, 0.15) is 15.8 Å². The summed E-state index contributed by atoms with van der Waals surface area (Å²) < 4.78 is 5.12. The van der Waals surface area contributed by atoms with Crippen LogP contribution in [0.5, 0.6) is 5.75 Å². The van der Waals surface area contributed by atoms with E-state index in [1.165, 1.54) is 5.56 Å². The molecule has 17 heavy (non-hydrogen) atoms. The monoisotopic (exact) mass is 249 g/mol. The van der Waals surface area contributed by atoms with Crippen LogP contribution < -0.4 is 10.5 Å². The molecule has 4 nitrogen and oxygen atoms in total. The molecule has 0 aliphatic carbocycles. The van der Waals surface area contributed by atoms with Crippen molar-refractivity contribution in [2.75, 3.05) is 13.7 Å². The van der Waals surface area contributed by atoms with Gasteiger partial charge in [-0.15, -0.1) is 21.5 Å². The van der Waals surface area contributed by atoms with Crippen molar-refractivity contribution in [2.24, 2.45) is 5.73 Å². The van der Waals surface area contributed by atoms with E-state index in [0.717, 1.165) is 28.6 Å². The lowest BCUT2D eigenvalue weighted by Crippen LogP contribution is -2.01. The van der Waals surface area contributed by atoms with Crippen molar-refractivity contribution in [3.05, 3.63) is 39.8 Å². The highest BCUT2D eigenvalue weighted by atomic mass is 32.1. The normalized spacial score (nSPS) is 10.5. The molecular formula is C12H15N3OS. The molecule has 0 spiro atoms. The predicted octanol–water partition coefficient (Wildman–Crippen LogP) is 1.64. The molecule has 5 heteroatoms. The summed E-state index contributed by atoms with van der Waals surface area (Å²) in [6.45, 7) is 0.622. The Morgan fingerprint density at radius 2 is 1.88 bits per heavy atom. The fraction of sp³-hybridized carbons (Fsp3) is 0.333. The number of methoxy groups -OCH3 is 1. The Morgan fingerprint density at radius 1 is 1.18 bits per heavy atom. The Balaban J connectivity index is 2.03. The summed E-state index contributed by atoms with van der Waals surface area (Å²) in [5.74, 6) is 0.870. The van der Waals surface area contributed by atoms with E-state index < -0.39 is 0 Å². The smallest absolute Gasteiger partial charge is 0.121 e. The lowest BCUT2D eigenvalue weighted by molar-refractivity contribution is 0.414. The van der Waals surface area contributed by atoms with Gasteiger partial charge in [0.15, 0.2) is 0 Å². The van der Waals surface area contributed by atoms with Crippen LogP contribution in [0.4, 0.5) is 0 Å². The fourth-order valence-electron chi connectivity index (χ4n) is 1.50. The molecular weight excluding hydrogens is 234 g/mol. The van der Waals surface area contributed by atoms with E-state index in [-0.39, 0.29) is 0 Å². The van der Waals surface area contributed by atoms with Gasteiger partial charge in [-0.25, -0.2) is 0 Å². The van der Waals surface area contributed by atoms with E-state index in [1.54, 1.807) is 18.4 Å². The minimum Gasteiger partial charge on any atom is -0.497 e. The van der Waals surface area contributed by atoms with Crippen molar-refractivity contribution in [1.82, 2.24) is 10.2 Å². The van der Waals surface area contributed by atoms with Gasteiger partial charge in [0, 0.05) is 12.8 Å². The van der Waals surface area contributed by atoms with Gasteiger partial charge >= 0.3 is 0 Å². The largest absolute Gasteiger partial charge is 0.497 e. The Morgan fingerprint density at radius 3 is 2.53 bits per heavy atom. The second kappa shape index (κ2) is 5.75. The van der Waals surface area contributed by atoms with E-state index in [9.17, 15) is 0 Å². The van der Waals surface area contributed by atoms with Crippen molar-refractivity contribution in [2.45, 2.75) is 12.8 Å². The van der Waals surface area contributed by atoms with Gasteiger partial charge in [0.2, 0.25) is 0 Å². The molecule has 0 bridgehead atoms. The van der Waals surface area contributed by atoms with Crippen LogP contribution in [0.1, 0.15) is 15.6 Å². The van der Waals surface area contributed by atoms with Crippen molar-refractivity contribution < 1.29 is 4.74 Å². The maximum Gasteiger partial charge on any atom is 0.121 e. The Labute approximate surface area is 104 Å². The highest BCUT2D eigenvalue weighted by molar-refractivity contribution is 7.11. The molecule has 1 heterocycles.